The van der Waals surface area contributed by atoms with Crippen LogP contribution in [0.25, 0.3) is 0 Å². The van der Waals surface area contributed by atoms with Crippen LogP contribution in [-0.2, 0) is 16.1 Å². The van der Waals surface area contributed by atoms with Crippen molar-refractivity contribution in [1.82, 2.24) is 9.88 Å². The van der Waals surface area contributed by atoms with Gasteiger partial charge in [0.1, 0.15) is 12.1 Å². The monoisotopic (exact) mass is 403 g/mol. The van der Waals surface area contributed by atoms with Crippen molar-refractivity contribution in [2.24, 2.45) is 0 Å². The van der Waals surface area contributed by atoms with E-state index in [-0.39, 0.29) is 42.7 Å². The first-order valence-corrected chi connectivity index (χ1v) is 9.35. The van der Waals surface area contributed by atoms with Crippen molar-refractivity contribution in [3.05, 3.63) is 58.5 Å². The molecule has 28 heavy (non-hydrogen) atoms. The zero-order valence-electron chi connectivity index (χ0n) is 15.2. The zero-order chi connectivity index (χ0) is 20.1. The number of aromatic nitrogens is 1. The number of nitrogens with zero attached hydrogens (tertiary/aromatic N) is 3. The number of carbonyl (C=O) groups excluding carboxylic acids is 2. The van der Waals surface area contributed by atoms with Crippen LogP contribution in [0.5, 0.6) is 0 Å². The highest BCUT2D eigenvalue weighted by molar-refractivity contribution is 6.30. The Morgan fingerprint density at radius 3 is 2.57 bits per heavy atom. The Balaban J connectivity index is 1.68. The smallest absolute Gasteiger partial charge is 0.254 e. The first-order chi connectivity index (χ1) is 13.3. The summed E-state index contributed by atoms with van der Waals surface area (Å²) in [5.74, 6) is -1.74. The number of hydrogen-bond donors (Lipinski definition) is 1. The fourth-order valence-electron chi connectivity index (χ4n) is 3.91. The molecular formula is C20H19ClFN3O3. The van der Waals surface area contributed by atoms with E-state index < -0.39 is 23.4 Å². The fourth-order valence-corrected chi connectivity index (χ4v) is 4.05. The van der Waals surface area contributed by atoms with Gasteiger partial charge in [-0.15, -0.1) is 0 Å². The van der Waals surface area contributed by atoms with Crippen molar-refractivity contribution in [2.45, 2.75) is 38.0 Å². The van der Waals surface area contributed by atoms with Crippen LogP contribution < -0.4 is 4.90 Å². The topological polar surface area (TPSA) is 73.7 Å². The van der Waals surface area contributed by atoms with Crippen LogP contribution in [-0.4, -0.2) is 45.0 Å². The average Bonchev–Trinajstić information content (AvgIpc) is 2.62. The lowest BCUT2D eigenvalue weighted by Gasteiger charge is -2.55. The van der Waals surface area contributed by atoms with Gasteiger partial charge in [0.15, 0.2) is 11.6 Å². The van der Waals surface area contributed by atoms with E-state index in [1.165, 1.54) is 11.1 Å². The van der Waals surface area contributed by atoms with E-state index in [2.05, 4.69) is 4.98 Å². The highest BCUT2D eigenvalue weighted by atomic mass is 35.5. The molecule has 1 aliphatic heterocycles. The lowest BCUT2D eigenvalue weighted by molar-refractivity contribution is -0.167. The lowest BCUT2D eigenvalue weighted by Crippen LogP contribution is -2.73. The van der Waals surface area contributed by atoms with Gasteiger partial charge in [-0.3, -0.25) is 14.5 Å². The van der Waals surface area contributed by atoms with Crippen LogP contribution >= 0.6 is 11.6 Å². The molecule has 1 saturated heterocycles. The third-order valence-electron chi connectivity index (χ3n) is 5.41. The van der Waals surface area contributed by atoms with Gasteiger partial charge in [-0.25, -0.2) is 9.37 Å². The molecule has 1 saturated carbocycles. The molecule has 2 amide bonds. The Hall–Kier alpha value is -2.51. The van der Waals surface area contributed by atoms with Gasteiger partial charge in [0, 0.05) is 25.6 Å². The third kappa shape index (κ3) is 3.04. The second-order valence-corrected chi connectivity index (χ2v) is 7.85. The van der Waals surface area contributed by atoms with Crippen molar-refractivity contribution in [2.75, 3.05) is 11.4 Å². The number of halogens is 2. The van der Waals surface area contributed by atoms with Crippen LogP contribution in [0.3, 0.4) is 0 Å². The molecule has 0 unspecified atom stereocenters. The van der Waals surface area contributed by atoms with Crippen molar-refractivity contribution >= 4 is 29.2 Å². The van der Waals surface area contributed by atoms with Gasteiger partial charge in [0.2, 0.25) is 5.91 Å². The predicted molar refractivity (Wildman–Crippen MR) is 101 cm³/mol. The van der Waals surface area contributed by atoms with E-state index in [0.717, 1.165) is 22.1 Å². The predicted octanol–water partition coefficient (Wildman–Crippen LogP) is 2.45. The summed E-state index contributed by atoms with van der Waals surface area (Å²) >= 11 is 5.74. The summed E-state index contributed by atoms with van der Waals surface area (Å²) < 4.78 is 14.4. The zero-order valence-corrected chi connectivity index (χ0v) is 16.0. The molecule has 2 aliphatic rings. The summed E-state index contributed by atoms with van der Waals surface area (Å²) in [6, 6.07) is 8.74. The molecule has 0 radical (unpaired) electrons. The van der Waals surface area contributed by atoms with Crippen LogP contribution in [0.4, 0.5) is 10.2 Å². The van der Waals surface area contributed by atoms with E-state index in [0.29, 0.717) is 0 Å². The Morgan fingerprint density at radius 1 is 1.29 bits per heavy atom. The summed E-state index contributed by atoms with van der Waals surface area (Å²) in [4.78, 5) is 32.7. The SMILES string of the molecule is Cc1ccc(CN2C(=O)CN(c3ncc(Cl)cc3F)C(=O)C23CC(O)C3)cc1. The summed E-state index contributed by atoms with van der Waals surface area (Å²) in [6.45, 7) is 1.91. The molecule has 0 bridgehead atoms. The van der Waals surface area contributed by atoms with Crippen molar-refractivity contribution in [3.8, 4) is 0 Å². The van der Waals surface area contributed by atoms with Gasteiger partial charge in [0.25, 0.3) is 5.91 Å². The number of aliphatic hydroxyl groups excluding tert-OH is 1. The molecule has 1 aliphatic carbocycles. The Kier molecular flexibility index (Phi) is 4.59. The van der Waals surface area contributed by atoms with Crippen LogP contribution in [0.15, 0.2) is 36.5 Å². The number of hydrogen-bond acceptors (Lipinski definition) is 4. The number of piperazine rings is 1. The molecular weight excluding hydrogens is 385 g/mol. The Labute approximate surface area is 166 Å². The average molecular weight is 404 g/mol. The van der Waals surface area contributed by atoms with Crippen LogP contribution in [0.1, 0.15) is 24.0 Å². The Bertz CT molecular complexity index is 944. The minimum Gasteiger partial charge on any atom is -0.393 e. The molecule has 2 fully saturated rings. The van der Waals surface area contributed by atoms with Gasteiger partial charge < -0.3 is 10.0 Å². The highest BCUT2D eigenvalue weighted by Gasteiger charge is 2.60. The fraction of sp³-hybridized carbons (Fsp3) is 0.350. The van der Waals surface area contributed by atoms with E-state index in [4.69, 9.17) is 11.6 Å². The lowest BCUT2D eigenvalue weighted by atomic mass is 9.70. The molecule has 4 rings (SSSR count). The molecule has 1 spiro atoms. The third-order valence-corrected chi connectivity index (χ3v) is 5.61. The number of rotatable bonds is 3. The number of anilines is 1. The number of benzene rings is 1. The molecule has 8 heteroatoms. The van der Waals surface area contributed by atoms with E-state index in [9.17, 15) is 19.1 Å². The number of amides is 2. The highest BCUT2D eigenvalue weighted by Crippen LogP contribution is 2.43. The van der Waals surface area contributed by atoms with E-state index in [1.807, 2.05) is 31.2 Å². The van der Waals surface area contributed by atoms with Crippen LogP contribution in [0.2, 0.25) is 5.02 Å². The van der Waals surface area contributed by atoms with Crippen molar-refractivity contribution in [3.63, 3.8) is 0 Å². The second-order valence-electron chi connectivity index (χ2n) is 7.41. The maximum atomic E-state index is 14.4. The molecule has 1 aromatic carbocycles. The van der Waals surface area contributed by atoms with Gasteiger partial charge in [0.05, 0.1) is 11.1 Å². The molecule has 146 valence electrons. The summed E-state index contributed by atoms with van der Waals surface area (Å²) in [5.41, 5.74) is 0.790. The number of aliphatic hydroxyl groups is 1. The normalized spacial score (nSPS) is 24.6. The van der Waals surface area contributed by atoms with Gasteiger partial charge in [-0.1, -0.05) is 41.4 Å². The van der Waals surface area contributed by atoms with E-state index in [1.54, 1.807) is 0 Å². The Morgan fingerprint density at radius 2 is 1.96 bits per heavy atom. The maximum absolute atomic E-state index is 14.4. The summed E-state index contributed by atoms with van der Waals surface area (Å²) in [5, 5.41) is 10.0. The quantitative estimate of drug-likeness (QED) is 0.854. The first-order valence-electron chi connectivity index (χ1n) is 8.97. The molecule has 1 aromatic heterocycles. The molecule has 2 aromatic rings. The van der Waals surface area contributed by atoms with E-state index >= 15 is 0 Å². The number of carbonyl (C=O) groups is 2. The minimum absolute atomic E-state index is 0.104. The summed E-state index contributed by atoms with van der Waals surface area (Å²) in [6.07, 6.45) is 0.795. The van der Waals surface area contributed by atoms with Gasteiger partial charge in [-0.05, 0) is 18.6 Å². The van der Waals surface area contributed by atoms with Crippen molar-refractivity contribution < 1.29 is 19.1 Å². The molecule has 0 atom stereocenters. The van der Waals surface area contributed by atoms with Crippen molar-refractivity contribution in [1.29, 1.82) is 0 Å². The molecule has 1 N–H and O–H groups in total. The maximum Gasteiger partial charge on any atom is 0.254 e. The largest absolute Gasteiger partial charge is 0.393 e. The molecule has 6 nitrogen and oxygen atoms in total. The minimum atomic E-state index is -1.19. The molecule has 2 heterocycles. The number of pyridine rings is 1. The van der Waals surface area contributed by atoms with Gasteiger partial charge in [-0.2, -0.15) is 0 Å². The van der Waals surface area contributed by atoms with Crippen LogP contribution in [0, 0.1) is 12.7 Å². The van der Waals surface area contributed by atoms with Gasteiger partial charge >= 0.3 is 0 Å². The summed E-state index contributed by atoms with van der Waals surface area (Å²) in [7, 11) is 0. The first kappa shape index (κ1) is 18.8. The standard InChI is InChI=1S/C20H19ClFN3O3/c1-12-2-4-13(5-3-12)10-25-17(27)11-24(18-16(22)6-14(21)9-23-18)19(28)20(25)7-15(26)8-20/h2-6,9,15,26H,7-8,10-11H2,1H3. The number of aryl methyl sites for hydroxylation is 1. The second kappa shape index (κ2) is 6.83.